The number of amidine groups is 1. The zero-order chi connectivity index (χ0) is 23.1. The highest BCUT2D eigenvalue weighted by atomic mass is 32.2. The van der Waals surface area contributed by atoms with Gasteiger partial charge in [-0.2, -0.15) is 13.2 Å². The summed E-state index contributed by atoms with van der Waals surface area (Å²) in [4.78, 5) is 5.94. The van der Waals surface area contributed by atoms with E-state index in [1.54, 1.807) is 45.0 Å². The third kappa shape index (κ3) is 4.95. The molecule has 31 heavy (non-hydrogen) atoms. The molecule has 1 aromatic carbocycles. The van der Waals surface area contributed by atoms with Gasteiger partial charge in [-0.3, -0.25) is 4.99 Å². The molecule has 1 saturated heterocycles. The summed E-state index contributed by atoms with van der Waals surface area (Å²) < 4.78 is 57.7. The summed E-state index contributed by atoms with van der Waals surface area (Å²) in [5, 5.41) is 21.4. The Morgan fingerprint density at radius 1 is 1.19 bits per heavy atom. The van der Waals surface area contributed by atoms with Crippen LogP contribution in [0.2, 0.25) is 0 Å². The molecule has 174 valence electrons. The summed E-state index contributed by atoms with van der Waals surface area (Å²) in [5.74, 6) is 0.659. The Labute approximate surface area is 183 Å². The predicted octanol–water partition coefficient (Wildman–Crippen LogP) is 2.24. The van der Waals surface area contributed by atoms with Crippen LogP contribution in [0.3, 0.4) is 0 Å². The third-order valence-electron chi connectivity index (χ3n) is 5.24. The van der Waals surface area contributed by atoms with Crippen molar-refractivity contribution < 1.29 is 37.6 Å². The first-order valence-corrected chi connectivity index (χ1v) is 10.6. The van der Waals surface area contributed by atoms with Crippen molar-refractivity contribution in [2.45, 2.75) is 62.5 Å². The maximum absolute atomic E-state index is 13.9. The number of thioether (sulfide) groups is 1. The van der Waals surface area contributed by atoms with Crippen molar-refractivity contribution in [2.75, 3.05) is 21.2 Å². The Morgan fingerprint density at radius 3 is 2.32 bits per heavy atom. The van der Waals surface area contributed by atoms with E-state index in [-0.39, 0.29) is 6.61 Å². The van der Waals surface area contributed by atoms with Crippen LogP contribution < -0.4 is 4.74 Å². The van der Waals surface area contributed by atoms with E-state index >= 15 is 0 Å². The van der Waals surface area contributed by atoms with Gasteiger partial charge in [0, 0.05) is 14.1 Å². The van der Waals surface area contributed by atoms with Crippen LogP contribution in [0.25, 0.3) is 0 Å². The molecule has 2 N–H and O–H groups in total. The van der Waals surface area contributed by atoms with E-state index in [2.05, 4.69) is 4.99 Å². The highest BCUT2D eigenvalue weighted by Gasteiger charge is 2.57. The van der Waals surface area contributed by atoms with Crippen LogP contribution in [-0.2, 0) is 16.1 Å². The first-order chi connectivity index (χ1) is 14.4. The largest absolute Gasteiger partial charge is 0.496 e. The number of benzene rings is 1. The molecule has 2 aliphatic rings. The molecule has 11 heteroatoms. The molecule has 0 unspecified atom stereocenters. The highest BCUT2D eigenvalue weighted by Crippen LogP contribution is 2.41. The first-order valence-electron chi connectivity index (χ1n) is 9.69. The molecule has 1 aromatic rings. The Hall–Kier alpha value is -1.53. The topological polar surface area (TPSA) is 83.8 Å². The lowest BCUT2D eigenvalue weighted by Gasteiger charge is -2.41. The van der Waals surface area contributed by atoms with Gasteiger partial charge in [0.05, 0.1) is 13.7 Å². The van der Waals surface area contributed by atoms with Crippen molar-refractivity contribution in [3.63, 3.8) is 0 Å². The molecular weight excluding hydrogens is 437 g/mol. The van der Waals surface area contributed by atoms with Gasteiger partial charge in [0.25, 0.3) is 0 Å². The summed E-state index contributed by atoms with van der Waals surface area (Å²) >= 11 is 1.11. The molecule has 1 fully saturated rings. The summed E-state index contributed by atoms with van der Waals surface area (Å²) in [7, 11) is 4.98. The average molecular weight is 465 g/mol. The fourth-order valence-electron chi connectivity index (χ4n) is 3.85. The van der Waals surface area contributed by atoms with Gasteiger partial charge >= 0.3 is 6.18 Å². The van der Waals surface area contributed by atoms with E-state index in [1.165, 1.54) is 7.11 Å². The Morgan fingerprint density at radius 2 is 1.81 bits per heavy atom. The number of methoxy groups -OCH3 is 1. The Bertz CT molecular complexity index is 813. The zero-order valence-electron chi connectivity index (χ0n) is 17.9. The fraction of sp³-hybridized carbons (Fsp3) is 0.650. The third-order valence-corrected chi connectivity index (χ3v) is 6.55. The van der Waals surface area contributed by atoms with Crippen molar-refractivity contribution in [3.8, 4) is 5.75 Å². The minimum Gasteiger partial charge on any atom is -0.496 e. The number of aliphatic imine (C=N–C) groups is 1. The van der Waals surface area contributed by atoms with Gasteiger partial charge in [0.2, 0.25) is 0 Å². The van der Waals surface area contributed by atoms with Gasteiger partial charge in [-0.25, -0.2) is 0 Å². The average Bonchev–Trinajstić information content (AvgIpc) is 3.09. The molecule has 3 rings (SSSR count). The molecule has 0 amide bonds. The van der Waals surface area contributed by atoms with Crippen molar-refractivity contribution in [2.24, 2.45) is 4.99 Å². The normalized spacial score (nSPS) is 29.4. The van der Waals surface area contributed by atoms with Gasteiger partial charge in [0.15, 0.2) is 11.3 Å². The number of hydrogen-bond acceptors (Lipinski definition) is 8. The number of rotatable bonds is 5. The number of ether oxygens (including phenoxy) is 3. The van der Waals surface area contributed by atoms with E-state index in [0.717, 1.165) is 22.9 Å². The van der Waals surface area contributed by atoms with Gasteiger partial charge in [-0.15, -0.1) is 0 Å². The van der Waals surface area contributed by atoms with E-state index < -0.39 is 42.1 Å². The molecular formula is C20H27F3N2O5S. The molecule has 2 aliphatic heterocycles. The molecule has 0 spiro atoms. The number of hydrogen-bond donors (Lipinski definition) is 2. The van der Waals surface area contributed by atoms with E-state index in [0.29, 0.717) is 16.5 Å². The van der Waals surface area contributed by atoms with Crippen LogP contribution in [0.1, 0.15) is 16.7 Å². The number of nitrogens with zero attached hydrogens (tertiary/aromatic N) is 2. The maximum Gasteiger partial charge on any atom is 0.417 e. The zero-order valence-corrected chi connectivity index (χ0v) is 18.7. The minimum atomic E-state index is -4.82. The fourth-order valence-corrected chi connectivity index (χ4v) is 4.99. The molecule has 0 saturated carbocycles. The molecule has 0 aromatic heterocycles. The smallest absolute Gasteiger partial charge is 0.417 e. The van der Waals surface area contributed by atoms with Gasteiger partial charge < -0.3 is 29.3 Å². The van der Waals surface area contributed by atoms with Crippen LogP contribution in [-0.4, -0.2) is 83.6 Å². The second kappa shape index (κ2) is 9.14. The van der Waals surface area contributed by atoms with Crippen molar-refractivity contribution in [3.05, 3.63) is 28.8 Å². The lowest BCUT2D eigenvalue weighted by Crippen LogP contribution is -2.61. The van der Waals surface area contributed by atoms with E-state index in [9.17, 15) is 23.4 Å². The molecule has 2 heterocycles. The second-order valence-corrected chi connectivity index (χ2v) is 8.97. The summed E-state index contributed by atoms with van der Waals surface area (Å²) in [6, 6.07) is 2.52. The number of halogens is 3. The van der Waals surface area contributed by atoms with Crippen molar-refractivity contribution in [1.29, 1.82) is 0 Å². The second-order valence-electron chi connectivity index (χ2n) is 7.90. The highest BCUT2D eigenvalue weighted by molar-refractivity contribution is 8.14. The monoisotopic (exact) mass is 464 g/mol. The number of aryl methyl sites for hydroxylation is 2. The van der Waals surface area contributed by atoms with E-state index in [1.807, 2.05) is 0 Å². The molecule has 7 nitrogen and oxygen atoms in total. The predicted molar refractivity (Wildman–Crippen MR) is 110 cm³/mol. The van der Waals surface area contributed by atoms with Crippen LogP contribution in [0, 0.1) is 13.8 Å². The van der Waals surface area contributed by atoms with Crippen molar-refractivity contribution >= 4 is 16.9 Å². The van der Waals surface area contributed by atoms with Gasteiger partial charge in [0.1, 0.15) is 35.5 Å². The van der Waals surface area contributed by atoms with Crippen LogP contribution in [0.5, 0.6) is 5.75 Å². The Balaban J connectivity index is 1.79. The summed E-state index contributed by atoms with van der Waals surface area (Å²) in [6.07, 6.45) is -12.3. The first kappa shape index (κ1) is 24.1. The molecule has 0 bridgehead atoms. The van der Waals surface area contributed by atoms with Crippen LogP contribution >= 0.6 is 11.8 Å². The number of fused-ring (bicyclic) bond motifs is 1. The molecule has 0 radical (unpaired) electrons. The van der Waals surface area contributed by atoms with Crippen LogP contribution in [0.4, 0.5) is 13.2 Å². The molecule has 0 aliphatic carbocycles. The summed E-state index contributed by atoms with van der Waals surface area (Å²) in [5.41, 5.74) is 1.22. The van der Waals surface area contributed by atoms with E-state index in [4.69, 9.17) is 14.2 Å². The quantitative estimate of drug-likeness (QED) is 0.692. The lowest BCUT2D eigenvalue weighted by molar-refractivity contribution is -0.286. The molecule has 6 atom stereocenters. The number of aliphatic hydroxyl groups is 2. The number of alkyl halides is 3. The number of aliphatic hydroxyl groups excluding tert-OH is 2. The lowest BCUT2D eigenvalue weighted by atomic mass is 9.94. The standard InChI is InChI=1S/C20H27F3N2O5S/c1-9-6-11(7-10(2)15(9)28-5)8-29-17(20(21,22)23)16-14(27)13(26)12-18(30-16)31-19(24-12)25(3)4/h6-7,12-14,16-18,26-27H,8H2,1-5H3/t12-,13-,14+,16+,17-,18-/m1/s1. The Kier molecular flexibility index (Phi) is 7.11. The SMILES string of the molecule is COc1c(C)cc(CO[C@H]([C@H]2O[C@@H]3SC(N(C)C)=N[C@@H]3[C@@H](O)[C@@H]2O)C(F)(F)F)cc1C. The van der Waals surface area contributed by atoms with Crippen molar-refractivity contribution in [1.82, 2.24) is 4.90 Å². The summed E-state index contributed by atoms with van der Waals surface area (Å²) in [6.45, 7) is 3.24. The van der Waals surface area contributed by atoms with Crippen LogP contribution in [0.15, 0.2) is 17.1 Å². The minimum absolute atomic E-state index is 0.348. The van der Waals surface area contributed by atoms with Gasteiger partial charge in [-0.05, 0) is 30.5 Å². The van der Waals surface area contributed by atoms with Gasteiger partial charge in [-0.1, -0.05) is 23.9 Å². The maximum atomic E-state index is 13.9.